The molecule has 22 heavy (non-hydrogen) atoms. The van der Waals surface area contributed by atoms with Crippen molar-refractivity contribution < 1.29 is 23.1 Å². The second-order valence-corrected chi connectivity index (χ2v) is 6.94. The van der Waals surface area contributed by atoms with E-state index in [0.29, 0.717) is 12.8 Å². The number of carbonyl (C=O) groups excluding carboxylic acids is 1. The van der Waals surface area contributed by atoms with E-state index in [4.69, 9.17) is 5.11 Å². The molecule has 1 aliphatic heterocycles. The van der Waals surface area contributed by atoms with Gasteiger partial charge in [-0.15, -0.1) is 0 Å². The quantitative estimate of drug-likeness (QED) is 0.816. The summed E-state index contributed by atoms with van der Waals surface area (Å²) in [5.74, 6) is -1.73. The second-order valence-electron chi connectivity index (χ2n) is 5.05. The molecule has 1 aromatic rings. The van der Waals surface area contributed by atoms with Gasteiger partial charge in [0.05, 0.1) is 4.90 Å². The van der Waals surface area contributed by atoms with Gasteiger partial charge >= 0.3 is 5.97 Å². The van der Waals surface area contributed by atoms with Gasteiger partial charge in [-0.05, 0) is 25.0 Å². The number of piperidine rings is 1. The first-order valence-electron chi connectivity index (χ1n) is 6.99. The molecule has 0 aliphatic carbocycles. The third kappa shape index (κ3) is 3.63. The molecule has 1 heterocycles. The topological polar surface area (TPSA) is 104 Å². The summed E-state index contributed by atoms with van der Waals surface area (Å²) < 4.78 is 26.5. The Balaban J connectivity index is 2.23. The predicted octanol–water partition coefficient (Wildman–Crippen LogP) is 0.431. The highest BCUT2D eigenvalue weighted by atomic mass is 32.2. The van der Waals surface area contributed by atoms with Crippen molar-refractivity contribution in [2.24, 2.45) is 0 Å². The lowest BCUT2D eigenvalue weighted by Crippen LogP contribution is -2.52. The number of amides is 1. The van der Waals surface area contributed by atoms with Gasteiger partial charge < -0.3 is 10.4 Å². The van der Waals surface area contributed by atoms with Gasteiger partial charge in [-0.3, -0.25) is 9.59 Å². The first-order chi connectivity index (χ1) is 10.4. The van der Waals surface area contributed by atoms with Crippen LogP contribution in [0, 0.1) is 0 Å². The highest BCUT2D eigenvalue weighted by Gasteiger charge is 2.37. The molecule has 2 N–H and O–H groups in total. The largest absolute Gasteiger partial charge is 0.480 e. The van der Waals surface area contributed by atoms with Crippen LogP contribution in [0.15, 0.2) is 35.2 Å². The highest BCUT2D eigenvalue weighted by Crippen LogP contribution is 2.25. The maximum absolute atomic E-state index is 12.7. The van der Waals surface area contributed by atoms with Crippen LogP contribution in [0.2, 0.25) is 0 Å². The SMILES string of the molecule is O=C(O)CNC(=O)C1CCCCN1S(=O)(=O)c1ccccc1. The fourth-order valence-corrected chi connectivity index (χ4v) is 4.14. The van der Waals surface area contributed by atoms with E-state index in [1.807, 2.05) is 0 Å². The number of nitrogens with one attached hydrogen (secondary N) is 1. The Morgan fingerprint density at radius 2 is 1.91 bits per heavy atom. The fourth-order valence-electron chi connectivity index (χ4n) is 2.46. The average molecular weight is 326 g/mol. The molecule has 0 aromatic heterocycles. The molecule has 7 nitrogen and oxygen atoms in total. The predicted molar refractivity (Wildman–Crippen MR) is 78.6 cm³/mol. The minimum absolute atomic E-state index is 0.132. The van der Waals surface area contributed by atoms with Crippen LogP contribution in [0.1, 0.15) is 19.3 Å². The van der Waals surface area contributed by atoms with Crippen LogP contribution in [0.5, 0.6) is 0 Å². The fraction of sp³-hybridized carbons (Fsp3) is 0.429. The number of hydrogen-bond donors (Lipinski definition) is 2. The molecule has 8 heteroatoms. The molecule has 2 rings (SSSR count). The number of sulfonamides is 1. The van der Waals surface area contributed by atoms with Crippen molar-refractivity contribution in [2.75, 3.05) is 13.1 Å². The van der Waals surface area contributed by atoms with Crippen LogP contribution >= 0.6 is 0 Å². The number of carboxylic acid groups (broad SMARTS) is 1. The minimum Gasteiger partial charge on any atom is -0.480 e. The summed E-state index contributed by atoms with van der Waals surface area (Å²) >= 11 is 0. The molecule has 1 saturated heterocycles. The summed E-state index contributed by atoms with van der Waals surface area (Å²) in [6, 6.07) is 7.06. The maximum Gasteiger partial charge on any atom is 0.322 e. The lowest BCUT2D eigenvalue weighted by molar-refractivity contribution is -0.138. The van der Waals surface area contributed by atoms with E-state index in [2.05, 4.69) is 5.32 Å². The minimum atomic E-state index is -3.77. The standard InChI is InChI=1S/C14H18N2O5S/c17-13(18)10-15-14(19)12-8-4-5-9-16(12)22(20,21)11-6-2-1-3-7-11/h1-3,6-7,12H,4-5,8-10H2,(H,15,19)(H,17,18). The summed E-state index contributed by atoms with van der Waals surface area (Å²) in [4.78, 5) is 22.8. The molecule has 120 valence electrons. The Labute approximate surface area is 129 Å². The van der Waals surface area contributed by atoms with Gasteiger partial charge in [0.1, 0.15) is 12.6 Å². The Morgan fingerprint density at radius 1 is 1.23 bits per heavy atom. The molecule has 1 aromatic carbocycles. The van der Waals surface area contributed by atoms with Crippen LogP contribution in [-0.2, 0) is 19.6 Å². The van der Waals surface area contributed by atoms with E-state index >= 15 is 0 Å². The van der Waals surface area contributed by atoms with E-state index in [1.54, 1.807) is 18.2 Å². The smallest absolute Gasteiger partial charge is 0.322 e. The number of aliphatic carboxylic acids is 1. The molecule has 0 bridgehead atoms. The van der Waals surface area contributed by atoms with Crippen molar-refractivity contribution in [3.05, 3.63) is 30.3 Å². The van der Waals surface area contributed by atoms with Crippen molar-refractivity contribution in [3.8, 4) is 0 Å². The van der Waals surface area contributed by atoms with E-state index in [9.17, 15) is 18.0 Å². The van der Waals surface area contributed by atoms with Crippen LogP contribution in [0.3, 0.4) is 0 Å². The van der Waals surface area contributed by atoms with Gasteiger partial charge in [0, 0.05) is 6.54 Å². The normalized spacial score (nSPS) is 19.5. The summed E-state index contributed by atoms with van der Waals surface area (Å²) in [7, 11) is -3.77. The third-order valence-corrected chi connectivity index (χ3v) is 5.44. The van der Waals surface area contributed by atoms with E-state index in [0.717, 1.165) is 6.42 Å². The lowest BCUT2D eigenvalue weighted by atomic mass is 10.0. The molecule has 1 atom stereocenters. The van der Waals surface area contributed by atoms with Crippen LogP contribution in [-0.4, -0.2) is 48.8 Å². The Bertz CT molecular complexity index is 644. The lowest BCUT2D eigenvalue weighted by Gasteiger charge is -2.33. The molecule has 0 saturated carbocycles. The second kappa shape index (κ2) is 6.89. The van der Waals surface area contributed by atoms with Crippen LogP contribution in [0.4, 0.5) is 0 Å². The summed E-state index contributed by atoms with van der Waals surface area (Å²) in [5.41, 5.74) is 0. The summed E-state index contributed by atoms with van der Waals surface area (Å²) in [5, 5.41) is 10.9. The van der Waals surface area contributed by atoms with Gasteiger partial charge in [0.15, 0.2) is 0 Å². The number of nitrogens with zero attached hydrogens (tertiary/aromatic N) is 1. The van der Waals surface area contributed by atoms with Gasteiger partial charge in [-0.2, -0.15) is 4.31 Å². The zero-order valence-electron chi connectivity index (χ0n) is 11.9. The van der Waals surface area contributed by atoms with E-state index < -0.39 is 34.5 Å². The Hall–Kier alpha value is -1.93. The van der Waals surface area contributed by atoms with Gasteiger partial charge in [-0.25, -0.2) is 8.42 Å². The number of carboxylic acids is 1. The van der Waals surface area contributed by atoms with Crippen LogP contribution in [0.25, 0.3) is 0 Å². The van der Waals surface area contributed by atoms with Crippen molar-refractivity contribution >= 4 is 21.9 Å². The zero-order chi connectivity index (χ0) is 16.2. The molecule has 0 spiro atoms. The number of benzene rings is 1. The Morgan fingerprint density at radius 3 is 2.55 bits per heavy atom. The van der Waals surface area contributed by atoms with Crippen molar-refractivity contribution in [1.29, 1.82) is 0 Å². The number of rotatable bonds is 5. The molecule has 1 fully saturated rings. The van der Waals surface area contributed by atoms with Crippen molar-refractivity contribution in [1.82, 2.24) is 9.62 Å². The number of carbonyl (C=O) groups is 2. The maximum atomic E-state index is 12.7. The first kappa shape index (κ1) is 16.4. The van der Waals surface area contributed by atoms with Gasteiger partial charge in [-0.1, -0.05) is 24.6 Å². The van der Waals surface area contributed by atoms with Gasteiger partial charge in [0.2, 0.25) is 15.9 Å². The molecule has 0 radical (unpaired) electrons. The third-order valence-electron chi connectivity index (χ3n) is 3.52. The molecular formula is C14H18N2O5S. The Kier molecular flexibility index (Phi) is 5.15. The monoisotopic (exact) mass is 326 g/mol. The van der Waals surface area contributed by atoms with E-state index in [1.165, 1.54) is 16.4 Å². The van der Waals surface area contributed by atoms with Gasteiger partial charge in [0.25, 0.3) is 0 Å². The van der Waals surface area contributed by atoms with E-state index in [-0.39, 0.29) is 11.4 Å². The first-order valence-corrected chi connectivity index (χ1v) is 8.43. The molecule has 1 amide bonds. The van der Waals surface area contributed by atoms with Crippen LogP contribution < -0.4 is 5.32 Å². The molecule has 1 unspecified atom stereocenters. The highest BCUT2D eigenvalue weighted by molar-refractivity contribution is 7.89. The summed E-state index contributed by atoms with van der Waals surface area (Å²) in [6.07, 6.45) is 1.79. The number of hydrogen-bond acceptors (Lipinski definition) is 4. The summed E-state index contributed by atoms with van der Waals surface area (Å²) in [6.45, 7) is -0.267. The van der Waals surface area contributed by atoms with Crippen molar-refractivity contribution in [2.45, 2.75) is 30.2 Å². The average Bonchev–Trinajstić information content (AvgIpc) is 2.53. The van der Waals surface area contributed by atoms with Crippen molar-refractivity contribution in [3.63, 3.8) is 0 Å². The molecule has 1 aliphatic rings. The zero-order valence-corrected chi connectivity index (χ0v) is 12.8. The molecular weight excluding hydrogens is 308 g/mol.